The van der Waals surface area contributed by atoms with Crippen LogP contribution in [0.4, 0.5) is 4.39 Å². The van der Waals surface area contributed by atoms with Crippen LogP contribution in [0.1, 0.15) is 17.4 Å². The Kier molecular flexibility index (Phi) is 3.79. The summed E-state index contributed by atoms with van der Waals surface area (Å²) in [4.78, 5) is 3.96. The van der Waals surface area contributed by atoms with Crippen LogP contribution in [0.25, 0.3) is 0 Å². The Bertz CT molecular complexity index is 562. The molecule has 2 rings (SSSR count). The van der Waals surface area contributed by atoms with Crippen molar-refractivity contribution in [3.8, 4) is 5.75 Å². The zero-order valence-corrected chi connectivity index (χ0v) is 10.4. The van der Waals surface area contributed by atoms with E-state index in [-0.39, 0.29) is 22.0 Å². The van der Waals surface area contributed by atoms with E-state index in [2.05, 4.69) is 4.98 Å². The second-order valence-electron chi connectivity index (χ2n) is 3.64. The summed E-state index contributed by atoms with van der Waals surface area (Å²) in [6.45, 7) is 0. The predicted octanol–water partition coefficient (Wildman–Crippen LogP) is 2.96. The number of aromatic nitrogens is 1. The molecule has 0 saturated carbocycles. The zero-order chi connectivity index (χ0) is 13.1. The number of hydrogen-bond acceptors (Lipinski definition) is 3. The molecule has 0 fully saturated rings. The number of hydrogen-bond donors (Lipinski definition) is 1. The average Bonchev–Trinajstić information content (AvgIpc) is 2.39. The van der Waals surface area contributed by atoms with Gasteiger partial charge in [-0.15, -0.1) is 0 Å². The highest BCUT2D eigenvalue weighted by molar-refractivity contribution is 6.31. The van der Waals surface area contributed by atoms with Gasteiger partial charge in [0.1, 0.15) is 6.10 Å². The van der Waals surface area contributed by atoms with Crippen molar-refractivity contribution < 1.29 is 14.2 Å². The summed E-state index contributed by atoms with van der Waals surface area (Å²) in [5.74, 6) is -0.548. The van der Waals surface area contributed by atoms with Gasteiger partial charge in [0.05, 0.1) is 17.8 Å². The van der Waals surface area contributed by atoms with E-state index in [0.717, 1.165) is 0 Å². The number of nitrogens with zero attached hydrogens (tertiary/aromatic N) is 1. The minimum Gasteiger partial charge on any atom is -0.494 e. The van der Waals surface area contributed by atoms with Gasteiger partial charge >= 0.3 is 0 Å². The molecule has 1 atom stereocenters. The molecule has 0 radical (unpaired) electrons. The van der Waals surface area contributed by atoms with E-state index in [1.54, 1.807) is 18.2 Å². The number of benzene rings is 1. The topological polar surface area (TPSA) is 42.4 Å². The quantitative estimate of drug-likeness (QED) is 0.930. The van der Waals surface area contributed by atoms with Gasteiger partial charge in [-0.2, -0.15) is 0 Å². The van der Waals surface area contributed by atoms with Crippen molar-refractivity contribution in [1.82, 2.24) is 4.98 Å². The molecule has 1 unspecified atom stereocenters. The summed E-state index contributed by atoms with van der Waals surface area (Å²) in [7, 11) is 1.36. The fourth-order valence-corrected chi connectivity index (χ4v) is 1.87. The van der Waals surface area contributed by atoms with E-state index in [4.69, 9.17) is 16.3 Å². The largest absolute Gasteiger partial charge is 0.494 e. The molecule has 0 spiro atoms. The third kappa shape index (κ3) is 2.30. The van der Waals surface area contributed by atoms with Crippen LogP contribution < -0.4 is 4.74 Å². The van der Waals surface area contributed by atoms with Crippen LogP contribution in [0.2, 0.25) is 5.02 Å². The first-order valence-corrected chi connectivity index (χ1v) is 5.64. The van der Waals surface area contributed by atoms with Gasteiger partial charge < -0.3 is 9.84 Å². The number of aliphatic hydroxyl groups excluding tert-OH is 1. The maximum absolute atomic E-state index is 14.0. The summed E-state index contributed by atoms with van der Waals surface area (Å²) >= 11 is 5.92. The Balaban J connectivity index is 2.47. The molecule has 1 aromatic carbocycles. The Hall–Kier alpha value is -1.65. The molecule has 0 amide bonds. The van der Waals surface area contributed by atoms with Crippen LogP contribution in [-0.4, -0.2) is 17.2 Å². The van der Waals surface area contributed by atoms with E-state index in [1.165, 1.54) is 25.4 Å². The monoisotopic (exact) mass is 267 g/mol. The molecule has 2 aromatic rings. The van der Waals surface area contributed by atoms with E-state index < -0.39 is 11.9 Å². The van der Waals surface area contributed by atoms with Crippen molar-refractivity contribution >= 4 is 11.6 Å². The second-order valence-corrected chi connectivity index (χ2v) is 4.04. The van der Waals surface area contributed by atoms with Crippen LogP contribution in [0, 0.1) is 5.82 Å². The summed E-state index contributed by atoms with van der Waals surface area (Å²) < 4.78 is 18.8. The molecule has 0 aliphatic heterocycles. The lowest BCUT2D eigenvalue weighted by molar-refractivity contribution is 0.208. The lowest BCUT2D eigenvalue weighted by Gasteiger charge is -2.14. The number of aliphatic hydroxyl groups is 1. The predicted molar refractivity (Wildman–Crippen MR) is 66.3 cm³/mol. The molecule has 1 heterocycles. The van der Waals surface area contributed by atoms with Gasteiger partial charge in [-0.3, -0.25) is 4.98 Å². The lowest BCUT2D eigenvalue weighted by atomic mass is 10.0. The molecule has 3 nitrogen and oxygen atoms in total. The Morgan fingerprint density at radius 3 is 2.78 bits per heavy atom. The van der Waals surface area contributed by atoms with Crippen molar-refractivity contribution in [3.05, 3.63) is 58.6 Å². The summed E-state index contributed by atoms with van der Waals surface area (Å²) in [5.41, 5.74) is 0.293. The molecule has 5 heteroatoms. The van der Waals surface area contributed by atoms with E-state index >= 15 is 0 Å². The van der Waals surface area contributed by atoms with E-state index in [0.29, 0.717) is 0 Å². The number of rotatable bonds is 3. The Labute approximate surface area is 109 Å². The molecule has 0 aliphatic carbocycles. The van der Waals surface area contributed by atoms with Crippen molar-refractivity contribution in [2.45, 2.75) is 6.10 Å². The zero-order valence-electron chi connectivity index (χ0n) is 9.60. The fraction of sp³-hybridized carbons (Fsp3) is 0.154. The fourth-order valence-electron chi connectivity index (χ4n) is 1.64. The maximum atomic E-state index is 14.0. The molecule has 94 valence electrons. The van der Waals surface area contributed by atoms with Gasteiger partial charge in [0, 0.05) is 11.8 Å². The van der Waals surface area contributed by atoms with E-state index in [9.17, 15) is 9.50 Å². The lowest BCUT2D eigenvalue weighted by Crippen LogP contribution is -2.06. The highest BCUT2D eigenvalue weighted by Crippen LogP contribution is 2.31. The third-order valence-corrected chi connectivity index (χ3v) is 2.87. The highest BCUT2D eigenvalue weighted by atomic mass is 35.5. The molecular weight excluding hydrogens is 257 g/mol. The molecule has 18 heavy (non-hydrogen) atoms. The summed E-state index contributed by atoms with van der Waals surface area (Å²) in [6, 6.07) is 7.77. The first-order chi connectivity index (χ1) is 8.65. The highest BCUT2D eigenvalue weighted by Gasteiger charge is 2.20. The number of pyridine rings is 1. The number of methoxy groups -OCH3 is 1. The second kappa shape index (κ2) is 5.33. The van der Waals surface area contributed by atoms with Crippen LogP contribution in [0.15, 0.2) is 36.5 Å². The molecule has 1 aromatic heterocycles. The molecule has 0 bridgehead atoms. The minimum absolute atomic E-state index is 0.0682. The van der Waals surface area contributed by atoms with Gasteiger partial charge in [-0.25, -0.2) is 4.39 Å². The van der Waals surface area contributed by atoms with Crippen LogP contribution in [0.5, 0.6) is 5.75 Å². The van der Waals surface area contributed by atoms with Gasteiger partial charge in [0.25, 0.3) is 0 Å². The minimum atomic E-state index is -1.23. The number of halogens is 2. The normalized spacial score (nSPS) is 12.2. The van der Waals surface area contributed by atoms with Crippen molar-refractivity contribution in [1.29, 1.82) is 0 Å². The van der Waals surface area contributed by atoms with Gasteiger partial charge in [-0.05, 0) is 18.2 Å². The van der Waals surface area contributed by atoms with Crippen LogP contribution in [-0.2, 0) is 0 Å². The van der Waals surface area contributed by atoms with E-state index in [1.807, 2.05) is 0 Å². The molecule has 0 aliphatic rings. The van der Waals surface area contributed by atoms with Crippen molar-refractivity contribution in [2.75, 3.05) is 7.11 Å². The maximum Gasteiger partial charge on any atom is 0.171 e. The van der Waals surface area contributed by atoms with Crippen molar-refractivity contribution in [3.63, 3.8) is 0 Å². The SMILES string of the molecule is COc1cccc(C(O)c2ncccc2Cl)c1F. The average molecular weight is 268 g/mol. The third-order valence-electron chi connectivity index (χ3n) is 2.55. The van der Waals surface area contributed by atoms with Crippen molar-refractivity contribution in [2.24, 2.45) is 0 Å². The molecule has 1 N–H and O–H groups in total. The molecule has 0 saturated heterocycles. The summed E-state index contributed by atoms with van der Waals surface area (Å²) in [5, 5.41) is 10.4. The van der Waals surface area contributed by atoms with Gasteiger partial charge in [0.2, 0.25) is 0 Å². The molecular formula is C13H11ClFNO2. The Morgan fingerprint density at radius 1 is 1.33 bits per heavy atom. The van der Waals surface area contributed by atoms with Gasteiger partial charge in [0.15, 0.2) is 11.6 Å². The summed E-state index contributed by atoms with van der Waals surface area (Å²) in [6.07, 6.45) is 0.261. The first kappa shape index (κ1) is 12.8. The first-order valence-electron chi connectivity index (χ1n) is 5.26. The standard InChI is InChI=1S/C13H11ClFNO2/c1-18-10-6-2-4-8(11(10)15)13(17)12-9(14)5-3-7-16-12/h2-7,13,17H,1H3. The number of ether oxygens (including phenoxy) is 1. The van der Waals surface area contributed by atoms with Gasteiger partial charge in [-0.1, -0.05) is 23.7 Å². The smallest absolute Gasteiger partial charge is 0.171 e. The van der Waals surface area contributed by atoms with Crippen LogP contribution >= 0.6 is 11.6 Å². The van der Waals surface area contributed by atoms with Crippen LogP contribution in [0.3, 0.4) is 0 Å². The Morgan fingerprint density at radius 2 is 2.11 bits per heavy atom.